The van der Waals surface area contributed by atoms with Crippen LogP contribution in [-0.2, 0) is 5.41 Å². The van der Waals surface area contributed by atoms with Crippen molar-refractivity contribution in [2.45, 2.75) is 37.5 Å². The summed E-state index contributed by atoms with van der Waals surface area (Å²) < 4.78 is 2.46. The fourth-order valence-electron chi connectivity index (χ4n) is 10.4. The monoisotopic (exact) mass is 677 g/mol. The van der Waals surface area contributed by atoms with E-state index in [0.717, 1.165) is 46.5 Å². The molecule has 1 spiro atoms. The summed E-state index contributed by atoms with van der Waals surface area (Å²) in [4.78, 5) is 11.2. The van der Waals surface area contributed by atoms with Crippen LogP contribution in [0, 0.1) is 0 Å². The van der Waals surface area contributed by atoms with Crippen molar-refractivity contribution in [3.05, 3.63) is 163 Å². The maximum Gasteiger partial charge on any atom is 0.235 e. The SMILES string of the molecule is c1ccc2c(c1)-c1c(c3c(c4ccccc14)c1c4ccccc4ccc1n3-c1nc(-c3cccc4ccccc34)c3ccccc3n1)C21CCCCC1. The standard InChI is InChI=1S/C50H35N3/c1-12-29-50(30-13-1)40-25-10-8-22-38(40)43-35-20-6-7-21-36(35)45-44-34-19-5-3-16-32(34)27-28-42(44)53(48(45)46(43)50)49-51-41-26-11-9-23-39(41)47(52-49)37-24-14-17-31-15-2-4-18-33(31)37/h2-11,14-28H,1,12-13,29-30H2. The second kappa shape index (κ2) is 10.8. The van der Waals surface area contributed by atoms with E-state index in [4.69, 9.17) is 9.97 Å². The lowest BCUT2D eigenvalue weighted by atomic mass is 9.67. The van der Waals surface area contributed by atoms with E-state index in [2.05, 4.69) is 156 Å². The van der Waals surface area contributed by atoms with Crippen LogP contribution in [-0.4, -0.2) is 14.5 Å². The van der Waals surface area contributed by atoms with Crippen LogP contribution < -0.4 is 0 Å². The molecule has 2 aliphatic carbocycles. The van der Waals surface area contributed by atoms with Gasteiger partial charge in [0.1, 0.15) is 0 Å². The van der Waals surface area contributed by atoms with E-state index in [-0.39, 0.29) is 5.41 Å². The quantitative estimate of drug-likeness (QED) is 0.182. The molecule has 0 N–H and O–H groups in total. The number of rotatable bonds is 2. The lowest BCUT2D eigenvalue weighted by Crippen LogP contribution is -2.28. The normalized spacial score (nSPS) is 14.9. The summed E-state index contributed by atoms with van der Waals surface area (Å²) in [6.45, 7) is 0. The second-order valence-electron chi connectivity index (χ2n) is 15.1. The van der Waals surface area contributed by atoms with Gasteiger partial charge in [0.25, 0.3) is 0 Å². The Bertz CT molecular complexity index is 3160. The largest absolute Gasteiger partial charge is 0.278 e. The Morgan fingerprint density at radius 3 is 1.96 bits per heavy atom. The van der Waals surface area contributed by atoms with Crippen molar-refractivity contribution in [3.8, 4) is 28.3 Å². The van der Waals surface area contributed by atoms with E-state index in [1.54, 1.807) is 0 Å². The summed E-state index contributed by atoms with van der Waals surface area (Å²) >= 11 is 0. The highest BCUT2D eigenvalue weighted by molar-refractivity contribution is 6.32. The summed E-state index contributed by atoms with van der Waals surface area (Å²) in [5.41, 5.74) is 11.1. The fraction of sp³-hybridized carbons (Fsp3) is 0.120. The Morgan fingerprint density at radius 2 is 1.11 bits per heavy atom. The molecule has 8 aromatic carbocycles. The van der Waals surface area contributed by atoms with Gasteiger partial charge in [-0.1, -0.05) is 159 Å². The molecule has 0 bridgehead atoms. The molecule has 3 nitrogen and oxygen atoms in total. The highest BCUT2D eigenvalue weighted by atomic mass is 15.2. The third-order valence-electron chi connectivity index (χ3n) is 12.5. The molecule has 250 valence electrons. The molecule has 12 rings (SSSR count). The maximum atomic E-state index is 5.68. The summed E-state index contributed by atoms with van der Waals surface area (Å²) in [7, 11) is 0. The zero-order chi connectivity index (χ0) is 34.7. The smallest absolute Gasteiger partial charge is 0.235 e. The third-order valence-corrected chi connectivity index (χ3v) is 12.5. The molecule has 1 fully saturated rings. The lowest BCUT2D eigenvalue weighted by molar-refractivity contribution is 0.354. The van der Waals surface area contributed by atoms with Crippen LogP contribution in [0.15, 0.2) is 152 Å². The van der Waals surface area contributed by atoms with Crippen LogP contribution in [0.4, 0.5) is 0 Å². The van der Waals surface area contributed by atoms with Crippen LogP contribution in [0.5, 0.6) is 0 Å². The average Bonchev–Trinajstić information content (AvgIpc) is 3.71. The van der Waals surface area contributed by atoms with Crippen LogP contribution >= 0.6 is 0 Å². The van der Waals surface area contributed by atoms with Crippen molar-refractivity contribution in [2.75, 3.05) is 0 Å². The minimum absolute atomic E-state index is 0.0797. The number of aromatic nitrogens is 3. The first-order valence-electron chi connectivity index (χ1n) is 19.1. The van der Waals surface area contributed by atoms with Gasteiger partial charge >= 0.3 is 0 Å². The van der Waals surface area contributed by atoms with Crippen LogP contribution in [0.1, 0.15) is 43.2 Å². The van der Waals surface area contributed by atoms with Gasteiger partial charge in [0.2, 0.25) is 5.95 Å². The number of para-hydroxylation sites is 1. The van der Waals surface area contributed by atoms with Crippen molar-refractivity contribution < 1.29 is 0 Å². The Kier molecular flexibility index (Phi) is 5.99. The van der Waals surface area contributed by atoms with E-state index in [9.17, 15) is 0 Å². The highest BCUT2D eigenvalue weighted by Gasteiger charge is 2.47. The topological polar surface area (TPSA) is 30.7 Å². The van der Waals surface area contributed by atoms with Gasteiger partial charge in [0.15, 0.2) is 0 Å². The lowest BCUT2D eigenvalue weighted by Gasteiger charge is -2.36. The molecular weight excluding hydrogens is 643 g/mol. The third kappa shape index (κ3) is 3.89. The molecule has 0 aliphatic heterocycles. The first-order chi connectivity index (χ1) is 26.3. The van der Waals surface area contributed by atoms with Gasteiger partial charge in [-0.2, -0.15) is 0 Å². The minimum atomic E-state index is -0.0797. The zero-order valence-corrected chi connectivity index (χ0v) is 29.3. The zero-order valence-electron chi connectivity index (χ0n) is 29.3. The van der Waals surface area contributed by atoms with Crippen molar-refractivity contribution in [1.82, 2.24) is 14.5 Å². The van der Waals surface area contributed by atoms with Crippen molar-refractivity contribution >= 4 is 65.0 Å². The van der Waals surface area contributed by atoms with Gasteiger partial charge in [-0.25, -0.2) is 9.97 Å². The second-order valence-corrected chi connectivity index (χ2v) is 15.1. The first-order valence-corrected chi connectivity index (χ1v) is 19.1. The Labute approximate surface area is 307 Å². The van der Waals surface area contributed by atoms with Crippen LogP contribution in [0.3, 0.4) is 0 Å². The average molecular weight is 678 g/mol. The molecule has 0 saturated heterocycles. The number of hydrogen-bond acceptors (Lipinski definition) is 2. The molecule has 2 aromatic heterocycles. The fourth-order valence-corrected chi connectivity index (χ4v) is 10.4. The molecular formula is C50H35N3. The Morgan fingerprint density at radius 1 is 0.472 bits per heavy atom. The Hall–Kier alpha value is -6.32. The predicted molar refractivity (Wildman–Crippen MR) is 221 cm³/mol. The number of benzene rings is 8. The van der Waals surface area contributed by atoms with Gasteiger partial charge in [0, 0.05) is 27.1 Å². The van der Waals surface area contributed by atoms with Gasteiger partial charge in [0.05, 0.1) is 22.2 Å². The molecule has 10 aromatic rings. The molecule has 53 heavy (non-hydrogen) atoms. The molecule has 0 atom stereocenters. The summed E-state index contributed by atoms with van der Waals surface area (Å²) in [6.07, 6.45) is 6.02. The molecule has 0 radical (unpaired) electrons. The van der Waals surface area contributed by atoms with E-state index < -0.39 is 0 Å². The van der Waals surface area contributed by atoms with Crippen molar-refractivity contribution in [3.63, 3.8) is 0 Å². The maximum absolute atomic E-state index is 5.68. The van der Waals surface area contributed by atoms with E-state index in [1.165, 1.54) is 90.1 Å². The Balaban J connectivity index is 1.33. The summed E-state index contributed by atoms with van der Waals surface area (Å²) in [5.74, 6) is 0.723. The minimum Gasteiger partial charge on any atom is -0.278 e. The van der Waals surface area contributed by atoms with E-state index in [1.807, 2.05) is 0 Å². The summed E-state index contributed by atoms with van der Waals surface area (Å²) in [5, 5.41) is 11.2. The number of nitrogens with zero attached hydrogens (tertiary/aromatic N) is 3. The predicted octanol–water partition coefficient (Wildman–Crippen LogP) is 13.1. The van der Waals surface area contributed by atoms with Crippen molar-refractivity contribution in [1.29, 1.82) is 0 Å². The van der Waals surface area contributed by atoms with Gasteiger partial charge in [-0.05, 0) is 79.5 Å². The van der Waals surface area contributed by atoms with Crippen LogP contribution in [0.2, 0.25) is 0 Å². The molecule has 2 aliphatic rings. The number of hydrogen-bond donors (Lipinski definition) is 0. The van der Waals surface area contributed by atoms with Crippen molar-refractivity contribution in [2.24, 2.45) is 0 Å². The molecule has 3 heteroatoms. The summed E-state index contributed by atoms with van der Waals surface area (Å²) in [6, 6.07) is 55.7. The molecule has 2 heterocycles. The van der Waals surface area contributed by atoms with Gasteiger partial charge in [-0.15, -0.1) is 0 Å². The van der Waals surface area contributed by atoms with Gasteiger partial charge < -0.3 is 0 Å². The van der Waals surface area contributed by atoms with Crippen LogP contribution in [0.25, 0.3) is 93.4 Å². The molecule has 0 unspecified atom stereocenters. The van der Waals surface area contributed by atoms with Gasteiger partial charge in [-0.3, -0.25) is 4.57 Å². The molecule has 1 saturated carbocycles. The highest BCUT2D eigenvalue weighted by Crippen LogP contribution is 2.61. The molecule has 0 amide bonds. The van der Waals surface area contributed by atoms with E-state index >= 15 is 0 Å². The number of fused-ring (bicyclic) bond motifs is 16. The van der Waals surface area contributed by atoms with E-state index in [0.29, 0.717) is 0 Å². The first kappa shape index (κ1) is 29.3.